The molecular formula is C16H13ClN2O2. The van der Waals surface area contributed by atoms with Crippen molar-refractivity contribution < 1.29 is 9.59 Å². The van der Waals surface area contributed by atoms with E-state index in [2.05, 4.69) is 17.3 Å². The Morgan fingerprint density at radius 1 is 1.14 bits per heavy atom. The van der Waals surface area contributed by atoms with Crippen LogP contribution in [0.5, 0.6) is 0 Å². The molecule has 1 heterocycles. The SMILES string of the molecule is O=C1[C@H]2[C@H](C(=O)N1/N=C\c1cccc(Cl)c1)[C@H]1C=C[C@H]2C1. The van der Waals surface area contributed by atoms with Crippen molar-refractivity contribution in [3.63, 3.8) is 0 Å². The van der Waals surface area contributed by atoms with E-state index in [1.807, 2.05) is 6.07 Å². The summed E-state index contributed by atoms with van der Waals surface area (Å²) >= 11 is 5.90. The molecule has 2 fully saturated rings. The van der Waals surface area contributed by atoms with Gasteiger partial charge in [0.05, 0.1) is 18.1 Å². The highest BCUT2D eigenvalue weighted by Crippen LogP contribution is 2.52. The molecule has 1 saturated heterocycles. The number of carbonyl (C=O) groups excluding carboxylic acids is 2. The molecule has 0 radical (unpaired) electrons. The van der Waals surface area contributed by atoms with Crippen LogP contribution in [-0.4, -0.2) is 23.0 Å². The molecule has 21 heavy (non-hydrogen) atoms. The van der Waals surface area contributed by atoms with Crippen molar-refractivity contribution >= 4 is 29.6 Å². The van der Waals surface area contributed by atoms with Gasteiger partial charge < -0.3 is 0 Å². The molecule has 0 spiro atoms. The predicted octanol–water partition coefficient (Wildman–Crippen LogP) is 2.48. The number of hydrogen-bond acceptors (Lipinski definition) is 3. The van der Waals surface area contributed by atoms with Crippen molar-refractivity contribution in [2.45, 2.75) is 6.42 Å². The first-order valence-electron chi connectivity index (χ1n) is 7.01. The zero-order chi connectivity index (χ0) is 14.6. The summed E-state index contributed by atoms with van der Waals surface area (Å²) in [5.74, 6) is -0.320. The zero-order valence-electron chi connectivity index (χ0n) is 11.1. The van der Waals surface area contributed by atoms with Crippen LogP contribution in [0.2, 0.25) is 5.02 Å². The standard InChI is InChI=1S/C16H13ClN2O2/c17-12-3-1-2-9(6-12)8-18-19-15(20)13-10-4-5-11(7-10)14(13)16(19)21/h1-6,8,10-11,13-14H,7H2/b18-8-/t10-,11-,13+,14+/m0/s1. The van der Waals surface area contributed by atoms with Crippen LogP contribution >= 0.6 is 11.6 Å². The molecule has 2 amide bonds. The fourth-order valence-electron chi connectivity index (χ4n) is 3.71. The summed E-state index contributed by atoms with van der Waals surface area (Å²) in [6.07, 6.45) is 6.58. The molecule has 2 aliphatic carbocycles. The summed E-state index contributed by atoms with van der Waals surface area (Å²) < 4.78 is 0. The summed E-state index contributed by atoms with van der Waals surface area (Å²) in [5.41, 5.74) is 0.765. The molecule has 1 aliphatic heterocycles. The largest absolute Gasteiger partial charge is 0.272 e. The Balaban J connectivity index is 1.60. The van der Waals surface area contributed by atoms with Crippen molar-refractivity contribution in [2.24, 2.45) is 28.8 Å². The summed E-state index contributed by atoms with van der Waals surface area (Å²) in [4.78, 5) is 24.8. The number of benzene rings is 1. The first-order valence-corrected chi connectivity index (χ1v) is 7.38. The molecule has 0 N–H and O–H groups in total. The molecule has 3 aliphatic rings. The Hall–Kier alpha value is -1.94. The van der Waals surface area contributed by atoms with Crippen molar-refractivity contribution in [1.82, 2.24) is 5.01 Å². The zero-order valence-corrected chi connectivity index (χ0v) is 11.9. The van der Waals surface area contributed by atoms with E-state index in [0.717, 1.165) is 17.0 Å². The van der Waals surface area contributed by atoms with E-state index in [1.54, 1.807) is 18.2 Å². The Kier molecular flexibility index (Phi) is 2.76. The van der Waals surface area contributed by atoms with Crippen LogP contribution in [0.1, 0.15) is 12.0 Å². The number of amides is 2. The minimum atomic E-state index is -0.205. The second kappa shape index (κ2) is 4.53. The molecule has 1 saturated carbocycles. The van der Waals surface area contributed by atoms with Gasteiger partial charge in [-0.1, -0.05) is 35.9 Å². The second-order valence-corrected chi connectivity index (χ2v) is 6.22. The fraction of sp³-hybridized carbons (Fsp3) is 0.312. The van der Waals surface area contributed by atoms with E-state index in [0.29, 0.717) is 5.02 Å². The Labute approximate surface area is 127 Å². The third-order valence-electron chi connectivity index (χ3n) is 4.62. The van der Waals surface area contributed by atoms with Crippen LogP contribution in [0.15, 0.2) is 41.5 Å². The van der Waals surface area contributed by atoms with E-state index < -0.39 is 0 Å². The Bertz CT molecular complexity index is 667. The van der Waals surface area contributed by atoms with Crippen LogP contribution in [0.25, 0.3) is 0 Å². The van der Waals surface area contributed by atoms with Gasteiger partial charge in [-0.25, -0.2) is 0 Å². The average molecular weight is 301 g/mol. The number of carbonyl (C=O) groups is 2. The third kappa shape index (κ3) is 1.86. The van der Waals surface area contributed by atoms with Crippen LogP contribution in [0.3, 0.4) is 0 Å². The normalized spacial score (nSPS) is 33.5. The highest BCUT2D eigenvalue weighted by atomic mass is 35.5. The molecule has 1 aromatic carbocycles. The number of hydrogen-bond donors (Lipinski definition) is 0. The molecule has 4 atom stereocenters. The minimum absolute atomic E-state index is 0.167. The van der Waals surface area contributed by atoms with E-state index in [9.17, 15) is 9.59 Å². The average Bonchev–Trinajstić information content (AvgIpc) is 3.12. The van der Waals surface area contributed by atoms with Crippen molar-refractivity contribution in [2.75, 3.05) is 0 Å². The van der Waals surface area contributed by atoms with E-state index in [4.69, 9.17) is 11.6 Å². The molecule has 4 nitrogen and oxygen atoms in total. The molecule has 4 rings (SSSR count). The van der Waals surface area contributed by atoms with Crippen molar-refractivity contribution in [3.8, 4) is 0 Å². The lowest BCUT2D eigenvalue weighted by atomic mass is 9.85. The first kappa shape index (κ1) is 12.8. The molecule has 2 bridgehead atoms. The van der Waals surface area contributed by atoms with Gasteiger partial charge in [-0.05, 0) is 36.0 Å². The molecule has 0 aromatic heterocycles. The van der Waals surface area contributed by atoms with Gasteiger partial charge in [-0.15, -0.1) is 0 Å². The smallest absolute Gasteiger partial charge is 0.254 e. The lowest BCUT2D eigenvalue weighted by molar-refractivity contribution is -0.140. The van der Waals surface area contributed by atoms with Gasteiger partial charge in [-0.2, -0.15) is 10.1 Å². The summed E-state index contributed by atoms with van der Waals surface area (Å²) in [6, 6.07) is 7.13. The molecule has 0 unspecified atom stereocenters. The maximum Gasteiger partial charge on any atom is 0.254 e. The quantitative estimate of drug-likeness (QED) is 0.479. The van der Waals surface area contributed by atoms with E-state index in [-0.39, 0.29) is 35.5 Å². The summed E-state index contributed by atoms with van der Waals surface area (Å²) in [6.45, 7) is 0. The molecule has 5 heteroatoms. The lowest BCUT2D eigenvalue weighted by Crippen LogP contribution is -2.28. The van der Waals surface area contributed by atoms with Crippen LogP contribution in [0.4, 0.5) is 0 Å². The lowest BCUT2D eigenvalue weighted by Gasteiger charge is -2.13. The van der Waals surface area contributed by atoms with Crippen LogP contribution < -0.4 is 0 Å². The number of halogens is 1. The third-order valence-corrected chi connectivity index (χ3v) is 4.85. The number of rotatable bonds is 2. The maximum atomic E-state index is 12.4. The topological polar surface area (TPSA) is 49.7 Å². The molecular weight excluding hydrogens is 288 g/mol. The number of hydrazone groups is 1. The maximum absolute atomic E-state index is 12.4. The molecule has 106 valence electrons. The van der Waals surface area contributed by atoms with Gasteiger partial charge in [-0.3, -0.25) is 9.59 Å². The van der Waals surface area contributed by atoms with Gasteiger partial charge >= 0.3 is 0 Å². The fourth-order valence-corrected chi connectivity index (χ4v) is 3.91. The van der Waals surface area contributed by atoms with Crippen molar-refractivity contribution in [3.05, 3.63) is 47.0 Å². The van der Waals surface area contributed by atoms with Gasteiger partial charge in [0.2, 0.25) is 0 Å². The number of imide groups is 1. The monoisotopic (exact) mass is 300 g/mol. The summed E-state index contributed by atoms with van der Waals surface area (Å²) in [5, 5.41) is 5.74. The number of allylic oxidation sites excluding steroid dienone is 2. The van der Waals surface area contributed by atoms with Gasteiger partial charge in [0.15, 0.2) is 0 Å². The number of fused-ring (bicyclic) bond motifs is 5. The van der Waals surface area contributed by atoms with Gasteiger partial charge in [0.1, 0.15) is 0 Å². The number of nitrogens with zero attached hydrogens (tertiary/aromatic N) is 2. The first-order chi connectivity index (χ1) is 10.1. The van der Waals surface area contributed by atoms with Gasteiger partial charge in [0, 0.05) is 5.02 Å². The van der Waals surface area contributed by atoms with E-state index in [1.165, 1.54) is 6.21 Å². The minimum Gasteiger partial charge on any atom is -0.272 e. The molecule has 1 aromatic rings. The van der Waals surface area contributed by atoms with Gasteiger partial charge in [0.25, 0.3) is 11.8 Å². The van der Waals surface area contributed by atoms with E-state index >= 15 is 0 Å². The van der Waals surface area contributed by atoms with Crippen LogP contribution in [0, 0.1) is 23.7 Å². The summed E-state index contributed by atoms with van der Waals surface area (Å²) in [7, 11) is 0. The highest BCUT2D eigenvalue weighted by Gasteiger charge is 2.59. The predicted molar refractivity (Wildman–Crippen MR) is 78.6 cm³/mol. The highest BCUT2D eigenvalue weighted by molar-refractivity contribution is 6.30. The van der Waals surface area contributed by atoms with Crippen molar-refractivity contribution in [1.29, 1.82) is 0 Å². The Morgan fingerprint density at radius 2 is 1.81 bits per heavy atom. The van der Waals surface area contributed by atoms with Crippen LogP contribution in [-0.2, 0) is 9.59 Å². The second-order valence-electron chi connectivity index (χ2n) is 5.79. The Morgan fingerprint density at radius 3 is 2.43 bits per heavy atom.